The van der Waals surface area contributed by atoms with Gasteiger partial charge in [-0.15, -0.1) is 0 Å². The topological polar surface area (TPSA) is 9.23 Å². The van der Waals surface area contributed by atoms with Crippen molar-refractivity contribution >= 4 is 34.8 Å². The minimum atomic E-state index is -3.13. The van der Waals surface area contributed by atoms with Crippen molar-refractivity contribution in [2.24, 2.45) is 0 Å². The molecule has 67 valence electrons. The minimum Gasteiger partial charge on any atom is -0.371 e. The predicted molar refractivity (Wildman–Crippen MR) is 41.4 cm³/mol. The smallest absolute Gasteiger partial charge is 0.271 e. The largest absolute Gasteiger partial charge is 0.371 e. The van der Waals surface area contributed by atoms with Gasteiger partial charge in [-0.1, -0.05) is 34.8 Å². The van der Waals surface area contributed by atoms with Gasteiger partial charge in [0.05, 0.1) is 6.61 Å². The van der Waals surface area contributed by atoms with Gasteiger partial charge >= 0.3 is 0 Å². The maximum Gasteiger partial charge on any atom is 0.271 e. The van der Waals surface area contributed by atoms with Gasteiger partial charge in [0.2, 0.25) is 3.79 Å². The van der Waals surface area contributed by atoms with Gasteiger partial charge in [-0.25, -0.2) is 8.78 Å². The van der Waals surface area contributed by atoms with E-state index in [4.69, 9.17) is 34.8 Å². The highest BCUT2D eigenvalue weighted by atomic mass is 35.6. The summed E-state index contributed by atoms with van der Waals surface area (Å²) >= 11 is 15.6. The lowest BCUT2D eigenvalue weighted by atomic mass is 10.4. The molecule has 0 atom stereocenters. The van der Waals surface area contributed by atoms with E-state index in [9.17, 15) is 8.78 Å². The third-order valence-corrected chi connectivity index (χ3v) is 0.906. The molecule has 0 heterocycles. The van der Waals surface area contributed by atoms with Crippen LogP contribution in [0.2, 0.25) is 0 Å². The van der Waals surface area contributed by atoms with E-state index < -0.39 is 16.3 Å². The van der Waals surface area contributed by atoms with Crippen molar-refractivity contribution in [2.75, 3.05) is 13.2 Å². The summed E-state index contributed by atoms with van der Waals surface area (Å²) in [6, 6.07) is 0. The maximum atomic E-state index is 11.9. The second kappa shape index (κ2) is 4.08. The highest BCUT2D eigenvalue weighted by molar-refractivity contribution is 6.67. The molecule has 0 unspecified atom stereocenters. The van der Waals surface area contributed by atoms with Gasteiger partial charge in [0.15, 0.2) is 0 Å². The van der Waals surface area contributed by atoms with Crippen molar-refractivity contribution < 1.29 is 13.5 Å². The van der Waals surface area contributed by atoms with Gasteiger partial charge in [-0.05, 0) is 0 Å². The van der Waals surface area contributed by atoms with E-state index in [0.717, 1.165) is 0 Å². The summed E-state index contributed by atoms with van der Waals surface area (Å²) in [5, 5.41) is 0. The zero-order valence-corrected chi connectivity index (χ0v) is 7.69. The van der Waals surface area contributed by atoms with Crippen molar-refractivity contribution in [1.82, 2.24) is 0 Å². The van der Waals surface area contributed by atoms with Crippen LogP contribution in [0.4, 0.5) is 8.78 Å². The van der Waals surface area contributed by atoms with Crippen LogP contribution >= 0.6 is 34.8 Å². The Labute approximate surface area is 78.6 Å². The molecule has 1 nitrogen and oxygen atoms in total. The fourth-order valence-electron chi connectivity index (χ4n) is 0.316. The van der Waals surface area contributed by atoms with Crippen molar-refractivity contribution in [3.8, 4) is 0 Å². The molecule has 0 N–H and O–H groups in total. The quantitative estimate of drug-likeness (QED) is 0.673. The Morgan fingerprint density at radius 1 is 1.18 bits per heavy atom. The summed E-state index contributed by atoms with van der Waals surface area (Å²) in [7, 11) is 0. The van der Waals surface area contributed by atoms with Gasteiger partial charge in [0.1, 0.15) is 6.61 Å². The molecule has 0 bridgehead atoms. The molecule has 0 saturated heterocycles. The summed E-state index contributed by atoms with van der Waals surface area (Å²) in [5.74, 6) is -3.13. The standard InChI is InChI=1S/C5H6Cl3F2O/c1-4(9,10)2-11-3-5(6,7)8/h1-3H2. The number of alkyl halides is 5. The fourth-order valence-corrected chi connectivity index (χ4v) is 0.548. The average molecular weight is 226 g/mol. The second-order valence-corrected chi connectivity index (χ2v) is 4.48. The molecule has 0 aromatic carbocycles. The molecule has 0 saturated carbocycles. The van der Waals surface area contributed by atoms with Gasteiger partial charge in [-0.3, -0.25) is 0 Å². The molecule has 11 heavy (non-hydrogen) atoms. The molecule has 6 heteroatoms. The molecule has 1 radical (unpaired) electrons. The monoisotopic (exact) mass is 225 g/mol. The molecular weight excluding hydrogens is 220 g/mol. The Balaban J connectivity index is 3.44. The summed E-state index contributed by atoms with van der Waals surface area (Å²) in [6.45, 7) is 1.28. The Kier molecular flexibility index (Phi) is 4.33. The summed E-state index contributed by atoms with van der Waals surface area (Å²) in [5.41, 5.74) is 0. The zero-order chi connectivity index (χ0) is 9.12. The number of hydrogen-bond donors (Lipinski definition) is 0. The highest BCUT2D eigenvalue weighted by Crippen LogP contribution is 2.26. The molecular formula is C5H6Cl3F2O. The van der Waals surface area contributed by atoms with E-state index in [1.54, 1.807) is 0 Å². The summed E-state index contributed by atoms with van der Waals surface area (Å²) in [4.78, 5) is 0. The van der Waals surface area contributed by atoms with E-state index in [1.807, 2.05) is 0 Å². The maximum absolute atomic E-state index is 11.9. The predicted octanol–water partition coefficient (Wildman–Crippen LogP) is 2.84. The first-order chi connectivity index (χ1) is 4.71. The van der Waals surface area contributed by atoms with Crippen LogP contribution in [0.3, 0.4) is 0 Å². The van der Waals surface area contributed by atoms with Gasteiger partial charge in [-0.2, -0.15) is 0 Å². The fraction of sp³-hybridized carbons (Fsp3) is 0.800. The number of rotatable bonds is 3. The van der Waals surface area contributed by atoms with Gasteiger partial charge < -0.3 is 4.74 Å². The van der Waals surface area contributed by atoms with Crippen LogP contribution in [0, 0.1) is 6.92 Å². The van der Waals surface area contributed by atoms with E-state index in [1.165, 1.54) is 0 Å². The summed E-state index contributed by atoms with van der Waals surface area (Å²) in [6.07, 6.45) is 0. The lowest BCUT2D eigenvalue weighted by molar-refractivity contribution is -0.0409. The first kappa shape index (κ1) is 11.7. The molecule has 0 amide bonds. The first-order valence-electron chi connectivity index (χ1n) is 2.58. The number of hydrogen-bond acceptors (Lipinski definition) is 1. The highest BCUT2D eigenvalue weighted by Gasteiger charge is 2.25. The third-order valence-electron chi connectivity index (χ3n) is 0.579. The zero-order valence-electron chi connectivity index (χ0n) is 5.42. The van der Waals surface area contributed by atoms with E-state index >= 15 is 0 Å². The number of ether oxygens (including phenoxy) is 1. The first-order valence-corrected chi connectivity index (χ1v) is 3.72. The van der Waals surface area contributed by atoms with E-state index in [0.29, 0.717) is 0 Å². The van der Waals surface area contributed by atoms with Crippen LogP contribution in [0.1, 0.15) is 0 Å². The molecule has 0 aliphatic heterocycles. The second-order valence-electron chi connectivity index (χ2n) is 1.96. The third kappa shape index (κ3) is 10.7. The van der Waals surface area contributed by atoms with E-state index in [2.05, 4.69) is 11.7 Å². The Bertz CT molecular complexity index is 104. The Hall–Kier alpha value is 0.690. The average Bonchev–Trinajstić information content (AvgIpc) is 1.55. The van der Waals surface area contributed by atoms with Crippen molar-refractivity contribution in [1.29, 1.82) is 0 Å². The molecule has 0 rings (SSSR count). The normalized spacial score (nSPS) is 13.6. The van der Waals surface area contributed by atoms with Crippen LogP contribution in [-0.4, -0.2) is 22.9 Å². The van der Waals surface area contributed by atoms with Crippen LogP contribution in [0.25, 0.3) is 0 Å². The number of halogens is 5. The van der Waals surface area contributed by atoms with Crippen LogP contribution in [-0.2, 0) is 4.74 Å². The Morgan fingerprint density at radius 3 is 1.91 bits per heavy atom. The minimum absolute atomic E-state index is 0.372. The SMILES string of the molecule is [CH2]C(F)(F)COCC(Cl)(Cl)Cl. The Morgan fingerprint density at radius 2 is 1.64 bits per heavy atom. The van der Waals surface area contributed by atoms with Crippen LogP contribution in [0.5, 0.6) is 0 Å². The van der Waals surface area contributed by atoms with Crippen LogP contribution < -0.4 is 0 Å². The van der Waals surface area contributed by atoms with Gasteiger partial charge in [0.25, 0.3) is 5.92 Å². The molecule has 0 spiro atoms. The summed E-state index contributed by atoms with van der Waals surface area (Å²) < 4.78 is 26.6. The lowest BCUT2D eigenvalue weighted by Gasteiger charge is -2.14. The molecule has 0 aromatic rings. The van der Waals surface area contributed by atoms with Crippen molar-refractivity contribution in [2.45, 2.75) is 9.72 Å². The van der Waals surface area contributed by atoms with E-state index in [-0.39, 0.29) is 6.61 Å². The van der Waals surface area contributed by atoms with Crippen LogP contribution in [0.15, 0.2) is 0 Å². The van der Waals surface area contributed by atoms with Gasteiger partial charge in [0, 0.05) is 6.92 Å². The molecule has 0 aromatic heterocycles. The van der Waals surface area contributed by atoms with Crippen molar-refractivity contribution in [3.05, 3.63) is 6.92 Å². The molecule has 0 aliphatic rings. The molecule has 0 aliphatic carbocycles. The lowest BCUT2D eigenvalue weighted by Crippen LogP contribution is -2.23. The van der Waals surface area contributed by atoms with Crippen molar-refractivity contribution in [3.63, 3.8) is 0 Å². The molecule has 0 fully saturated rings.